The van der Waals surface area contributed by atoms with Gasteiger partial charge in [0.2, 0.25) is 17.7 Å². The van der Waals surface area contributed by atoms with Crippen molar-refractivity contribution in [1.82, 2.24) is 20.4 Å². The number of aliphatic hydroxyl groups is 2. The Bertz CT molecular complexity index is 1430. The molecule has 5 atom stereocenters. The van der Waals surface area contributed by atoms with Gasteiger partial charge in [-0.15, -0.1) is 24.7 Å². The SMILES string of the molecule is C#CCCC[C@H](O)[C@H](O)[C@H](CC1CCCCC1)NC(=O)[C@H](CCC#C)NC(=O)[C@@H](CC(=O)N(C)CCN(C)Cc1ccccc1)Cc1ccccc1. The number of unbranched alkanes of at least 4 members (excludes halogenated alkanes) is 1. The van der Waals surface area contributed by atoms with Crippen molar-refractivity contribution in [2.45, 2.75) is 114 Å². The summed E-state index contributed by atoms with van der Waals surface area (Å²) >= 11 is 0. The standard InChI is InChI=1S/C43H60N4O5/c1-5-7-12-26-39(48)41(50)38(30-34-21-15-10-16-22-34)45-43(52)37(25-8-6-2)44-42(51)36(29-33-19-13-9-14-20-33)31-40(49)47(4)28-27-46(3)32-35-23-17-11-18-24-35/h1-2,9,11,13-14,17-20,23-24,34,36-39,41,48,50H,7-8,10,12,15-16,21-22,25-32H2,3-4H3,(H,44,51)(H,45,52)/t36-,37+,38+,39+,41-/m1/s1. The summed E-state index contributed by atoms with van der Waals surface area (Å²) in [5.74, 6) is 3.65. The molecule has 4 N–H and O–H groups in total. The lowest BCUT2D eigenvalue weighted by Gasteiger charge is -2.33. The molecule has 0 spiro atoms. The second-order valence-corrected chi connectivity index (χ2v) is 14.4. The Labute approximate surface area is 311 Å². The van der Waals surface area contributed by atoms with Gasteiger partial charge in [-0.05, 0) is 56.2 Å². The molecule has 0 unspecified atom stereocenters. The van der Waals surface area contributed by atoms with Gasteiger partial charge < -0.3 is 30.6 Å². The Morgan fingerprint density at radius 1 is 0.827 bits per heavy atom. The van der Waals surface area contributed by atoms with Gasteiger partial charge >= 0.3 is 0 Å². The van der Waals surface area contributed by atoms with Crippen molar-refractivity contribution in [2.75, 3.05) is 27.2 Å². The van der Waals surface area contributed by atoms with Crippen LogP contribution < -0.4 is 10.6 Å². The third kappa shape index (κ3) is 15.2. The zero-order valence-electron chi connectivity index (χ0n) is 31.2. The molecule has 9 nitrogen and oxygen atoms in total. The molecule has 0 aliphatic heterocycles. The van der Waals surface area contributed by atoms with E-state index in [-0.39, 0.29) is 25.2 Å². The van der Waals surface area contributed by atoms with Gasteiger partial charge in [-0.25, -0.2) is 0 Å². The first-order chi connectivity index (χ1) is 25.1. The Morgan fingerprint density at radius 3 is 2.10 bits per heavy atom. The predicted molar refractivity (Wildman–Crippen MR) is 206 cm³/mol. The van der Waals surface area contributed by atoms with E-state index in [0.29, 0.717) is 51.1 Å². The maximum absolute atomic E-state index is 14.0. The summed E-state index contributed by atoms with van der Waals surface area (Å²) in [6, 6.07) is 18.0. The Kier molecular flexibility index (Phi) is 19.0. The van der Waals surface area contributed by atoms with Crippen LogP contribution in [0.4, 0.5) is 0 Å². The van der Waals surface area contributed by atoms with Crippen molar-refractivity contribution in [2.24, 2.45) is 11.8 Å². The van der Waals surface area contributed by atoms with Gasteiger partial charge in [0, 0.05) is 45.9 Å². The van der Waals surface area contributed by atoms with Gasteiger partial charge in [-0.3, -0.25) is 14.4 Å². The van der Waals surface area contributed by atoms with Crippen LogP contribution in [0.2, 0.25) is 0 Å². The number of rotatable bonds is 22. The molecule has 52 heavy (non-hydrogen) atoms. The van der Waals surface area contributed by atoms with Gasteiger partial charge in [-0.2, -0.15) is 0 Å². The number of benzene rings is 2. The van der Waals surface area contributed by atoms with Crippen LogP contribution in [0.3, 0.4) is 0 Å². The summed E-state index contributed by atoms with van der Waals surface area (Å²) in [5.41, 5.74) is 2.09. The molecule has 1 aliphatic carbocycles. The van der Waals surface area contributed by atoms with Crippen LogP contribution in [0.25, 0.3) is 0 Å². The Hall–Kier alpha value is -4.15. The first-order valence-corrected chi connectivity index (χ1v) is 18.9. The highest BCUT2D eigenvalue weighted by molar-refractivity contribution is 5.91. The Balaban J connectivity index is 1.72. The van der Waals surface area contributed by atoms with E-state index in [9.17, 15) is 24.6 Å². The molecule has 2 aromatic carbocycles. The lowest BCUT2D eigenvalue weighted by molar-refractivity contribution is -0.137. The van der Waals surface area contributed by atoms with Crippen molar-refractivity contribution in [3.8, 4) is 24.7 Å². The minimum atomic E-state index is -1.20. The average molecular weight is 713 g/mol. The topological polar surface area (TPSA) is 122 Å². The zero-order chi connectivity index (χ0) is 37.7. The number of hydrogen-bond acceptors (Lipinski definition) is 6. The number of carbonyl (C=O) groups excluding carboxylic acids is 3. The number of nitrogens with one attached hydrogen (secondary N) is 2. The van der Waals surface area contributed by atoms with Crippen molar-refractivity contribution >= 4 is 17.7 Å². The van der Waals surface area contributed by atoms with Crippen molar-refractivity contribution in [1.29, 1.82) is 0 Å². The molecule has 0 saturated heterocycles. The molecule has 0 aromatic heterocycles. The third-order valence-electron chi connectivity index (χ3n) is 10.1. The molecule has 1 aliphatic rings. The monoisotopic (exact) mass is 712 g/mol. The number of hydrogen-bond donors (Lipinski definition) is 4. The van der Waals surface area contributed by atoms with Crippen LogP contribution in [0.5, 0.6) is 0 Å². The smallest absolute Gasteiger partial charge is 0.242 e. The zero-order valence-corrected chi connectivity index (χ0v) is 31.2. The van der Waals surface area contributed by atoms with E-state index in [1.807, 2.05) is 55.6 Å². The van der Waals surface area contributed by atoms with Crippen LogP contribution in [0.1, 0.15) is 88.2 Å². The van der Waals surface area contributed by atoms with Crippen LogP contribution >= 0.6 is 0 Å². The van der Waals surface area contributed by atoms with Gasteiger partial charge in [0.25, 0.3) is 0 Å². The molecule has 282 valence electrons. The van der Waals surface area contributed by atoms with E-state index in [2.05, 4.69) is 39.5 Å². The number of aliphatic hydroxyl groups excluding tert-OH is 2. The fraction of sp³-hybridized carbons (Fsp3) is 0.558. The van der Waals surface area contributed by atoms with Crippen LogP contribution in [0, 0.1) is 36.5 Å². The van der Waals surface area contributed by atoms with E-state index in [4.69, 9.17) is 12.8 Å². The molecule has 0 heterocycles. The summed E-state index contributed by atoms with van der Waals surface area (Å²) in [7, 11) is 3.76. The van der Waals surface area contributed by atoms with Crippen LogP contribution in [0.15, 0.2) is 60.7 Å². The lowest BCUT2D eigenvalue weighted by atomic mass is 9.82. The number of nitrogens with zero attached hydrogens (tertiary/aromatic N) is 2. The average Bonchev–Trinajstić information content (AvgIpc) is 3.15. The number of carbonyl (C=O) groups is 3. The highest BCUT2D eigenvalue weighted by atomic mass is 16.3. The predicted octanol–water partition coefficient (Wildman–Crippen LogP) is 4.70. The first kappa shape index (κ1) is 42.3. The van der Waals surface area contributed by atoms with Crippen molar-refractivity contribution in [3.63, 3.8) is 0 Å². The highest BCUT2D eigenvalue weighted by Crippen LogP contribution is 2.29. The summed E-state index contributed by atoms with van der Waals surface area (Å²) in [6.45, 7) is 1.91. The molecular weight excluding hydrogens is 652 g/mol. The van der Waals surface area contributed by atoms with Crippen LogP contribution in [-0.2, 0) is 27.3 Å². The van der Waals surface area contributed by atoms with Gasteiger partial charge in [-0.1, -0.05) is 92.8 Å². The quantitative estimate of drug-likeness (QED) is 0.104. The van der Waals surface area contributed by atoms with Crippen molar-refractivity contribution in [3.05, 3.63) is 71.8 Å². The number of likely N-dealkylation sites (N-methyl/N-ethyl adjacent to an activating group) is 2. The summed E-state index contributed by atoms with van der Waals surface area (Å²) < 4.78 is 0. The number of amides is 3. The third-order valence-corrected chi connectivity index (χ3v) is 10.1. The maximum Gasteiger partial charge on any atom is 0.242 e. The molecule has 0 bridgehead atoms. The summed E-state index contributed by atoms with van der Waals surface area (Å²) in [6.07, 6.45) is 16.7. The van der Waals surface area contributed by atoms with E-state index < -0.39 is 42.0 Å². The molecule has 3 rings (SSSR count). The van der Waals surface area contributed by atoms with E-state index in [1.54, 1.807) is 11.9 Å². The van der Waals surface area contributed by atoms with E-state index in [0.717, 1.165) is 37.8 Å². The second kappa shape index (κ2) is 23.4. The summed E-state index contributed by atoms with van der Waals surface area (Å²) in [5, 5.41) is 28.0. The minimum absolute atomic E-state index is 0.0318. The van der Waals surface area contributed by atoms with Crippen molar-refractivity contribution < 1.29 is 24.6 Å². The number of terminal acetylenes is 2. The second-order valence-electron chi connectivity index (χ2n) is 14.4. The minimum Gasteiger partial charge on any atom is -0.390 e. The normalized spacial score (nSPS) is 16.1. The van der Waals surface area contributed by atoms with E-state index in [1.165, 1.54) is 12.0 Å². The maximum atomic E-state index is 14.0. The fourth-order valence-corrected chi connectivity index (χ4v) is 6.93. The van der Waals surface area contributed by atoms with Crippen LogP contribution in [-0.4, -0.2) is 89.2 Å². The lowest BCUT2D eigenvalue weighted by Crippen LogP contribution is -2.56. The molecule has 0 radical (unpaired) electrons. The fourth-order valence-electron chi connectivity index (χ4n) is 6.93. The molecular formula is C43H60N4O5. The Morgan fingerprint density at radius 2 is 1.46 bits per heavy atom. The molecule has 3 amide bonds. The van der Waals surface area contributed by atoms with Gasteiger partial charge in [0.15, 0.2) is 0 Å². The molecule has 2 aromatic rings. The van der Waals surface area contributed by atoms with Gasteiger partial charge in [0.05, 0.1) is 24.2 Å². The molecule has 1 saturated carbocycles. The van der Waals surface area contributed by atoms with E-state index >= 15 is 0 Å². The largest absolute Gasteiger partial charge is 0.390 e. The summed E-state index contributed by atoms with van der Waals surface area (Å²) in [4.78, 5) is 45.3. The molecule has 1 fully saturated rings. The van der Waals surface area contributed by atoms with Gasteiger partial charge in [0.1, 0.15) is 6.04 Å². The first-order valence-electron chi connectivity index (χ1n) is 18.9. The molecule has 9 heteroatoms. The highest BCUT2D eigenvalue weighted by Gasteiger charge is 2.34.